The van der Waals surface area contributed by atoms with Gasteiger partial charge < -0.3 is 11.1 Å². The molecule has 3 N–H and O–H groups in total. The summed E-state index contributed by atoms with van der Waals surface area (Å²) in [7, 11) is 0. The maximum absolute atomic E-state index is 11.2. The predicted octanol–water partition coefficient (Wildman–Crippen LogP) is 1.03. The van der Waals surface area contributed by atoms with Crippen molar-refractivity contribution in [3.63, 3.8) is 0 Å². The average Bonchev–Trinajstić information content (AvgIpc) is 2.04. The molecule has 0 unspecified atom stereocenters. The van der Waals surface area contributed by atoms with Crippen molar-refractivity contribution in [1.82, 2.24) is 5.32 Å². The standard InChI is InChI=1S/C10H20N2O/c1-2-4-9(13)12-8-10(7-11)5-3-6-10/h2-8,11H2,1H3,(H,12,13). The van der Waals surface area contributed by atoms with Crippen LogP contribution < -0.4 is 11.1 Å². The molecule has 1 fully saturated rings. The first-order valence-corrected chi connectivity index (χ1v) is 5.19. The summed E-state index contributed by atoms with van der Waals surface area (Å²) in [6, 6.07) is 0. The summed E-state index contributed by atoms with van der Waals surface area (Å²) in [4.78, 5) is 11.2. The minimum Gasteiger partial charge on any atom is -0.355 e. The zero-order valence-electron chi connectivity index (χ0n) is 8.44. The molecular formula is C10H20N2O. The van der Waals surface area contributed by atoms with Crippen molar-refractivity contribution in [1.29, 1.82) is 0 Å². The normalized spacial score (nSPS) is 19.2. The number of carbonyl (C=O) groups is 1. The van der Waals surface area contributed by atoms with Crippen LogP contribution in [0.1, 0.15) is 39.0 Å². The van der Waals surface area contributed by atoms with Gasteiger partial charge in [0, 0.05) is 13.0 Å². The Labute approximate surface area is 80.1 Å². The number of nitrogens with two attached hydrogens (primary N) is 1. The van der Waals surface area contributed by atoms with Gasteiger partial charge in [0.05, 0.1) is 0 Å². The first-order chi connectivity index (χ1) is 6.22. The predicted molar refractivity (Wildman–Crippen MR) is 53.3 cm³/mol. The van der Waals surface area contributed by atoms with Gasteiger partial charge in [0.1, 0.15) is 0 Å². The molecular weight excluding hydrogens is 164 g/mol. The second-order valence-corrected chi connectivity index (χ2v) is 4.08. The van der Waals surface area contributed by atoms with Gasteiger partial charge >= 0.3 is 0 Å². The molecule has 1 aliphatic rings. The van der Waals surface area contributed by atoms with E-state index in [1.54, 1.807) is 0 Å². The summed E-state index contributed by atoms with van der Waals surface area (Å²) in [6.07, 6.45) is 5.18. The first-order valence-electron chi connectivity index (χ1n) is 5.19. The lowest BCUT2D eigenvalue weighted by atomic mass is 9.69. The van der Waals surface area contributed by atoms with E-state index >= 15 is 0 Å². The molecule has 0 aliphatic heterocycles. The van der Waals surface area contributed by atoms with Crippen LogP contribution in [-0.2, 0) is 4.79 Å². The quantitative estimate of drug-likeness (QED) is 0.670. The van der Waals surface area contributed by atoms with Crippen LogP contribution in [0.4, 0.5) is 0 Å². The number of rotatable bonds is 5. The second kappa shape index (κ2) is 4.61. The Hall–Kier alpha value is -0.570. The van der Waals surface area contributed by atoms with Gasteiger partial charge in [-0.2, -0.15) is 0 Å². The van der Waals surface area contributed by atoms with Crippen LogP contribution in [0.2, 0.25) is 0 Å². The van der Waals surface area contributed by atoms with Crippen LogP contribution in [0, 0.1) is 5.41 Å². The molecule has 0 aromatic heterocycles. The molecule has 0 spiro atoms. The summed E-state index contributed by atoms with van der Waals surface area (Å²) >= 11 is 0. The number of nitrogens with one attached hydrogen (secondary N) is 1. The smallest absolute Gasteiger partial charge is 0.220 e. The van der Waals surface area contributed by atoms with Crippen LogP contribution in [0.5, 0.6) is 0 Å². The third-order valence-electron chi connectivity index (χ3n) is 2.98. The van der Waals surface area contributed by atoms with Gasteiger partial charge in [-0.1, -0.05) is 13.3 Å². The third-order valence-corrected chi connectivity index (χ3v) is 2.98. The zero-order chi connectivity index (χ0) is 9.73. The molecule has 0 bridgehead atoms. The molecule has 0 aromatic carbocycles. The number of amides is 1. The van der Waals surface area contributed by atoms with E-state index in [0.717, 1.165) is 13.0 Å². The molecule has 0 heterocycles. The molecule has 1 amide bonds. The largest absolute Gasteiger partial charge is 0.355 e. The Bertz CT molecular complexity index is 170. The monoisotopic (exact) mass is 184 g/mol. The molecule has 76 valence electrons. The van der Waals surface area contributed by atoms with Gasteiger partial charge in [-0.25, -0.2) is 0 Å². The van der Waals surface area contributed by atoms with Gasteiger partial charge in [-0.05, 0) is 31.2 Å². The zero-order valence-corrected chi connectivity index (χ0v) is 8.44. The number of carbonyl (C=O) groups excluding carboxylic acids is 1. The molecule has 13 heavy (non-hydrogen) atoms. The van der Waals surface area contributed by atoms with Crippen LogP contribution in [0.25, 0.3) is 0 Å². The Kier molecular flexibility index (Phi) is 3.72. The molecule has 1 aliphatic carbocycles. The Morgan fingerprint density at radius 3 is 2.62 bits per heavy atom. The summed E-state index contributed by atoms with van der Waals surface area (Å²) in [5, 5.41) is 2.96. The summed E-state index contributed by atoms with van der Waals surface area (Å²) in [6.45, 7) is 3.50. The van der Waals surface area contributed by atoms with Crippen molar-refractivity contribution in [3.8, 4) is 0 Å². The van der Waals surface area contributed by atoms with Crippen molar-refractivity contribution in [3.05, 3.63) is 0 Å². The van der Waals surface area contributed by atoms with E-state index in [-0.39, 0.29) is 11.3 Å². The fourth-order valence-electron chi connectivity index (χ4n) is 1.73. The molecule has 0 atom stereocenters. The SMILES string of the molecule is CCCC(=O)NCC1(CN)CCC1. The van der Waals surface area contributed by atoms with E-state index in [4.69, 9.17) is 5.73 Å². The van der Waals surface area contributed by atoms with E-state index in [1.165, 1.54) is 19.3 Å². The highest BCUT2D eigenvalue weighted by molar-refractivity contribution is 5.75. The topological polar surface area (TPSA) is 55.1 Å². The summed E-state index contributed by atoms with van der Waals surface area (Å²) in [5.41, 5.74) is 5.92. The Morgan fingerprint density at radius 1 is 1.54 bits per heavy atom. The van der Waals surface area contributed by atoms with E-state index in [9.17, 15) is 4.79 Å². The minimum absolute atomic E-state index is 0.169. The maximum Gasteiger partial charge on any atom is 0.220 e. The van der Waals surface area contributed by atoms with Gasteiger partial charge in [-0.15, -0.1) is 0 Å². The molecule has 0 aromatic rings. The highest BCUT2D eigenvalue weighted by Gasteiger charge is 2.35. The summed E-state index contributed by atoms with van der Waals surface area (Å²) < 4.78 is 0. The summed E-state index contributed by atoms with van der Waals surface area (Å²) in [5.74, 6) is 0.169. The molecule has 1 saturated carbocycles. The van der Waals surface area contributed by atoms with Gasteiger partial charge in [-0.3, -0.25) is 4.79 Å². The van der Waals surface area contributed by atoms with E-state index < -0.39 is 0 Å². The van der Waals surface area contributed by atoms with Gasteiger partial charge in [0.25, 0.3) is 0 Å². The van der Waals surface area contributed by atoms with Crippen molar-refractivity contribution in [2.75, 3.05) is 13.1 Å². The van der Waals surface area contributed by atoms with Crippen molar-refractivity contribution >= 4 is 5.91 Å². The minimum atomic E-state index is 0.169. The van der Waals surface area contributed by atoms with Crippen molar-refractivity contribution < 1.29 is 4.79 Å². The van der Waals surface area contributed by atoms with Crippen LogP contribution >= 0.6 is 0 Å². The van der Waals surface area contributed by atoms with Crippen LogP contribution in [-0.4, -0.2) is 19.0 Å². The van der Waals surface area contributed by atoms with E-state index in [2.05, 4.69) is 5.32 Å². The highest BCUT2D eigenvalue weighted by Crippen LogP contribution is 2.39. The molecule has 1 rings (SSSR count). The lowest BCUT2D eigenvalue weighted by molar-refractivity contribution is -0.121. The van der Waals surface area contributed by atoms with Crippen LogP contribution in [0.3, 0.4) is 0 Å². The molecule has 3 nitrogen and oxygen atoms in total. The van der Waals surface area contributed by atoms with Crippen molar-refractivity contribution in [2.45, 2.75) is 39.0 Å². The fourth-order valence-corrected chi connectivity index (χ4v) is 1.73. The maximum atomic E-state index is 11.2. The van der Waals surface area contributed by atoms with Crippen LogP contribution in [0.15, 0.2) is 0 Å². The van der Waals surface area contributed by atoms with E-state index in [0.29, 0.717) is 13.0 Å². The molecule has 0 saturated heterocycles. The first kappa shape index (κ1) is 10.5. The van der Waals surface area contributed by atoms with Gasteiger partial charge in [0.15, 0.2) is 0 Å². The fraction of sp³-hybridized carbons (Fsp3) is 0.900. The van der Waals surface area contributed by atoms with Crippen molar-refractivity contribution in [2.24, 2.45) is 11.1 Å². The molecule has 3 heteroatoms. The lowest BCUT2D eigenvalue weighted by Crippen LogP contribution is -2.46. The number of hydrogen-bond acceptors (Lipinski definition) is 2. The molecule has 0 radical (unpaired) electrons. The second-order valence-electron chi connectivity index (χ2n) is 4.08. The third kappa shape index (κ3) is 2.69. The Balaban J connectivity index is 2.20. The Morgan fingerprint density at radius 2 is 2.23 bits per heavy atom. The highest BCUT2D eigenvalue weighted by atomic mass is 16.1. The number of hydrogen-bond donors (Lipinski definition) is 2. The van der Waals surface area contributed by atoms with Gasteiger partial charge in [0.2, 0.25) is 5.91 Å². The lowest BCUT2D eigenvalue weighted by Gasteiger charge is -2.41. The van der Waals surface area contributed by atoms with E-state index in [1.807, 2.05) is 6.92 Å². The average molecular weight is 184 g/mol.